The minimum Gasteiger partial charge on any atom is -0.326 e. The van der Waals surface area contributed by atoms with Crippen molar-refractivity contribution in [2.24, 2.45) is 0 Å². The van der Waals surface area contributed by atoms with E-state index in [2.05, 4.69) is 21.2 Å². The molecule has 134 valence electrons. The van der Waals surface area contributed by atoms with Gasteiger partial charge in [0.2, 0.25) is 5.91 Å². The summed E-state index contributed by atoms with van der Waals surface area (Å²) in [6, 6.07) is 14.0. The van der Waals surface area contributed by atoms with E-state index in [1.54, 1.807) is 24.3 Å². The number of anilines is 1. The van der Waals surface area contributed by atoms with Crippen LogP contribution in [0.2, 0.25) is 0 Å². The molecule has 0 unspecified atom stereocenters. The van der Waals surface area contributed by atoms with Gasteiger partial charge in [-0.25, -0.2) is 0 Å². The van der Waals surface area contributed by atoms with Gasteiger partial charge in [-0.2, -0.15) is 0 Å². The maximum Gasteiger partial charge on any atom is 0.285 e. The molecule has 6 nitrogen and oxygen atoms in total. The predicted molar refractivity (Wildman–Crippen MR) is 99.5 cm³/mol. The van der Waals surface area contributed by atoms with E-state index in [0.717, 1.165) is 15.2 Å². The fourth-order valence-electron chi connectivity index (χ4n) is 2.62. The Bertz CT molecular complexity index is 818. The molecule has 3 rings (SSSR count). The number of rotatable bonds is 7. The second-order valence-corrected chi connectivity index (χ2v) is 6.71. The number of unbranched alkanes of at least 4 members (excludes halogenated alkanes) is 1. The Labute approximate surface area is 159 Å². The smallest absolute Gasteiger partial charge is 0.285 e. The van der Waals surface area contributed by atoms with Crippen molar-refractivity contribution >= 4 is 39.3 Å². The third-order valence-corrected chi connectivity index (χ3v) is 4.38. The molecule has 3 amide bonds. The lowest BCUT2D eigenvalue weighted by Crippen LogP contribution is -2.30. The Hall–Kier alpha value is -2.51. The summed E-state index contributed by atoms with van der Waals surface area (Å²) in [7, 11) is 0. The van der Waals surface area contributed by atoms with Crippen LogP contribution in [-0.2, 0) is 9.63 Å². The average molecular weight is 417 g/mol. The standard InChI is InChI=1S/C19H17BrN2O4/c20-13-6-5-7-14(12-13)21-17(23)10-3-4-11-26-22-18(24)15-8-1-2-9-16(15)19(22)25/h1-2,5-9,12H,3-4,10-11H2,(H,21,23). The molecule has 1 aliphatic heterocycles. The van der Waals surface area contributed by atoms with Crippen molar-refractivity contribution in [2.45, 2.75) is 19.3 Å². The molecule has 0 saturated carbocycles. The maximum atomic E-state index is 12.1. The van der Waals surface area contributed by atoms with E-state index in [-0.39, 0.29) is 12.5 Å². The van der Waals surface area contributed by atoms with Crippen molar-refractivity contribution in [3.8, 4) is 0 Å². The van der Waals surface area contributed by atoms with Gasteiger partial charge in [0.15, 0.2) is 0 Å². The first kappa shape index (κ1) is 18.3. The van der Waals surface area contributed by atoms with Crippen LogP contribution in [0.25, 0.3) is 0 Å². The lowest BCUT2D eigenvalue weighted by molar-refractivity contribution is -0.116. The summed E-state index contributed by atoms with van der Waals surface area (Å²) in [6.07, 6.45) is 1.47. The molecule has 0 fully saturated rings. The topological polar surface area (TPSA) is 75.7 Å². The summed E-state index contributed by atoms with van der Waals surface area (Å²) in [5.41, 5.74) is 1.43. The van der Waals surface area contributed by atoms with Gasteiger partial charge in [-0.1, -0.05) is 34.1 Å². The molecule has 2 aromatic rings. The predicted octanol–water partition coefficient (Wildman–Crippen LogP) is 3.79. The number of hydroxylamine groups is 2. The van der Waals surface area contributed by atoms with E-state index in [1.807, 2.05) is 24.3 Å². The number of carbonyl (C=O) groups excluding carboxylic acids is 3. The summed E-state index contributed by atoms with van der Waals surface area (Å²) in [4.78, 5) is 41.5. The van der Waals surface area contributed by atoms with E-state index in [9.17, 15) is 14.4 Å². The first-order valence-electron chi connectivity index (χ1n) is 8.22. The summed E-state index contributed by atoms with van der Waals surface area (Å²) < 4.78 is 0.893. The highest BCUT2D eigenvalue weighted by molar-refractivity contribution is 9.10. The van der Waals surface area contributed by atoms with Crippen molar-refractivity contribution < 1.29 is 19.2 Å². The van der Waals surface area contributed by atoms with Crippen LogP contribution < -0.4 is 5.32 Å². The van der Waals surface area contributed by atoms with Gasteiger partial charge in [0, 0.05) is 16.6 Å². The van der Waals surface area contributed by atoms with Gasteiger partial charge in [0.1, 0.15) is 0 Å². The van der Waals surface area contributed by atoms with Crippen molar-refractivity contribution in [2.75, 3.05) is 11.9 Å². The molecule has 0 spiro atoms. The third kappa shape index (κ3) is 4.17. The number of carbonyl (C=O) groups is 3. The van der Waals surface area contributed by atoms with E-state index in [4.69, 9.17) is 4.84 Å². The number of halogens is 1. The summed E-state index contributed by atoms with van der Waals surface area (Å²) in [5, 5.41) is 3.61. The number of amides is 3. The van der Waals surface area contributed by atoms with E-state index in [1.165, 1.54) is 0 Å². The largest absolute Gasteiger partial charge is 0.326 e. The molecule has 0 bridgehead atoms. The molecule has 2 aromatic carbocycles. The first-order valence-corrected chi connectivity index (χ1v) is 9.02. The number of nitrogens with one attached hydrogen (secondary N) is 1. The first-order chi connectivity index (χ1) is 12.6. The zero-order valence-corrected chi connectivity index (χ0v) is 15.5. The molecule has 7 heteroatoms. The van der Waals surface area contributed by atoms with Crippen molar-refractivity contribution in [1.82, 2.24) is 5.06 Å². The molecular weight excluding hydrogens is 400 g/mol. The molecule has 0 atom stereocenters. The second-order valence-electron chi connectivity index (χ2n) is 5.80. The van der Waals surface area contributed by atoms with E-state index < -0.39 is 11.8 Å². The van der Waals surface area contributed by atoms with Crippen LogP contribution in [0.5, 0.6) is 0 Å². The van der Waals surface area contributed by atoms with Gasteiger partial charge in [0.25, 0.3) is 11.8 Å². The Morgan fingerprint density at radius 3 is 2.35 bits per heavy atom. The molecular formula is C19H17BrN2O4. The number of fused-ring (bicyclic) bond motifs is 1. The fourth-order valence-corrected chi connectivity index (χ4v) is 3.02. The van der Waals surface area contributed by atoms with Crippen LogP contribution in [0, 0.1) is 0 Å². The maximum absolute atomic E-state index is 12.1. The number of imide groups is 1. The van der Waals surface area contributed by atoms with E-state index >= 15 is 0 Å². The van der Waals surface area contributed by atoms with Crippen LogP contribution in [0.4, 0.5) is 5.69 Å². The van der Waals surface area contributed by atoms with Crippen molar-refractivity contribution in [3.63, 3.8) is 0 Å². The van der Waals surface area contributed by atoms with Crippen LogP contribution in [0.1, 0.15) is 40.0 Å². The highest BCUT2D eigenvalue weighted by Crippen LogP contribution is 2.22. The molecule has 0 saturated heterocycles. The monoisotopic (exact) mass is 416 g/mol. The SMILES string of the molecule is O=C(CCCCON1C(=O)c2ccccc2C1=O)Nc1cccc(Br)c1. The van der Waals surface area contributed by atoms with Crippen LogP contribution in [0.15, 0.2) is 53.0 Å². The van der Waals surface area contributed by atoms with Gasteiger partial charge in [-0.05, 0) is 43.2 Å². The number of nitrogens with zero attached hydrogens (tertiary/aromatic N) is 1. The Balaban J connectivity index is 1.39. The molecule has 0 radical (unpaired) electrons. The summed E-state index contributed by atoms with van der Waals surface area (Å²) >= 11 is 3.35. The van der Waals surface area contributed by atoms with Gasteiger partial charge in [-0.3, -0.25) is 19.2 Å². The van der Waals surface area contributed by atoms with Crippen LogP contribution in [-0.4, -0.2) is 29.4 Å². The van der Waals surface area contributed by atoms with Gasteiger partial charge in [0.05, 0.1) is 17.7 Å². The molecule has 0 aliphatic carbocycles. The van der Waals surface area contributed by atoms with Gasteiger partial charge >= 0.3 is 0 Å². The van der Waals surface area contributed by atoms with Crippen molar-refractivity contribution in [1.29, 1.82) is 0 Å². The second kappa shape index (κ2) is 8.25. The summed E-state index contributed by atoms with van der Waals surface area (Å²) in [6.45, 7) is 0.190. The van der Waals surface area contributed by atoms with E-state index in [0.29, 0.717) is 30.4 Å². The Morgan fingerprint density at radius 1 is 1.00 bits per heavy atom. The molecule has 0 aromatic heterocycles. The third-order valence-electron chi connectivity index (χ3n) is 3.88. The zero-order chi connectivity index (χ0) is 18.5. The molecule has 26 heavy (non-hydrogen) atoms. The van der Waals surface area contributed by atoms with Crippen molar-refractivity contribution in [3.05, 3.63) is 64.1 Å². The normalized spacial score (nSPS) is 13.0. The fraction of sp³-hybridized carbons (Fsp3) is 0.211. The highest BCUT2D eigenvalue weighted by Gasteiger charge is 2.36. The Morgan fingerprint density at radius 2 is 1.69 bits per heavy atom. The lowest BCUT2D eigenvalue weighted by Gasteiger charge is -2.13. The minimum absolute atomic E-state index is 0.0937. The minimum atomic E-state index is -0.446. The van der Waals surface area contributed by atoms with Crippen LogP contribution in [0.3, 0.4) is 0 Å². The number of hydrogen-bond donors (Lipinski definition) is 1. The summed E-state index contributed by atoms with van der Waals surface area (Å²) in [5.74, 6) is -0.986. The van der Waals surface area contributed by atoms with Gasteiger partial charge < -0.3 is 5.32 Å². The number of hydrogen-bond acceptors (Lipinski definition) is 4. The Kier molecular flexibility index (Phi) is 5.80. The molecule has 1 N–H and O–H groups in total. The lowest BCUT2D eigenvalue weighted by atomic mass is 10.1. The zero-order valence-electron chi connectivity index (χ0n) is 13.9. The quantitative estimate of drug-likeness (QED) is 0.550. The van der Waals surface area contributed by atoms with Crippen LogP contribution >= 0.6 is 15.9 Å². The molecule has 1 heterocycles. The van der Waals surface area contributed by atoms with Gasteiger partial charge in [-0.15, -0.1) is 5.06 Å². The highest BCUT2D eigenvalue weighted by atomic mass is 79.9. The average Bonchev–Trinajstić information content (AvgIpc) is 2.86. The molecule has 1 aliphatic rings. The number of benzene rings is 2.